The average Bonchev–Trinajstić information content (AvgIpc) is 2.46. The van der Waals surface area contributed by atoms with E-state index in [1.165, 1.54) is 0 Å². The fraction of sp³-hybridized carbons (Fsp3) is 0.188. The van der Waals surface area contributed by atoms with E-state index < -0.39 is 6.10 Å². The van der Waals surface area contributed by atoms with Gasteiger partial charge in [0.2, 0.25) is 0 Å². The molecule has 0 saturated carbocycles. The molecule has 0 aromatic heterocycles. The highest BCUT2D eigenvalue weighted by Gasteiger charge is 2.17. The molecule has 2 aromatic rings. The summed E-state index contributed by atoms with van der Waals surface area (Å²) in [6.07, 6.45) is -1.18. The molecule has 0 aliphatic carbocycles. The van der Waals surface area contributed by atoms with Gasteiger partial charge in [-0.1, -0.05) is 41.9 Å². The van der Waals surface area contributed by atoms with E-state index in [2.05, 4.69) is 0 Å². The van der Waals surface area contributed by atoms with Gasteiger partial charge in [-0.05, 0) is 30.2 Å². The molecular weight excluding hydrogens is 288 g/mol. The number of ether oxygens (including phenoxy) is 1. The number of nitrogens with two attached hydrogens (primary N) is 1. The summed E-state index contributed by atoms with van der Waals surface area (Å²) in [6, 6.07) is 12.8. The van der Waals surface area contributed by atoms with Crippen LogP contribution in [0.4, 0.5) is 0 Å². The van der Waals surface area contributed by atoms with Crippen LogP contribution >= 0.6 is 11.6 Å². The zero-order valence-electron chi connectivity index (χ0n) is 11.6. The zero-order chi connectivity index (χ0) is 15.4. The van der Waals surface area contributed by atoms with Crippen LogP contribution in [0.5, 0.6) is 5.75 Å². The Labute approximate surface area is 128 Å². The Morgan fingerprint density at radius 3 is 2.67 bits per heavy atom. The van der Waals surface area contributed by atoms with E-state index in [-0.39, 0.29) is 12.4 Å². The second kappa shape index (κ2) is 6.61. The second-order valence-electron chi connectivity index (χ2n) is 4.72. The predicted octanol–water partition coefficient (Wildman–Crippen LogP) is 3.20. The summed E-state index contributed by atoms with van der Waals surface area (Å²) in [5, 5.41) is 17.8. The summed E-state index contributed by atoms with van der Waals surface area (Å²) in [5.74, 6) is 0.426. The van der Waals surface area contributed by atoms with Crippen LogP contribution in [-0.4, -0.2) is 10.9 Å². The summed E-state index contributed by atoms with van der Waals surface area (Å²) in [5.41, 5.74) is 7.50. The van der Waals surface area contributed by atoms with Crippen molar-refractivity contribution in [1.29, 1.82) is 5.41 Å². The summed E-state index contributed by atoms with van der Waals surface area (Å²) in [6.45, 7) is 2.15. The fourth-order valence-electron chi connectivity index (χ4n) is 2.02. The Bertz CT molecular complexity index is 658. The second-order valence-corrected chi connectivity index (χ2v) is 5.13. The lowest BCUT2D eigenvalue weighted by molar-refractivity contribution is 0.238. The van der Waals surface area contributed by atoms with E-state index in [4.69, 9.17) is 27.5 Å². The lowest BCUT2D eigenvalue weighted by atomic mass is 10.0. The minimum Gasteiger partial charge on any atom is -0.489 e. The van der Waals surface area contributed by atoms with Crippen molar-refractivity contribution in [3.8, 4) is 5.75 Å². The molecule has 0 aliphatic rings. The van der Waals surface area contributed by atoms with Crippen LogP contribution in [0.1, 0.15) is 22.8 Å². The van der Waals surface area contributed by atoms with Crippen LogP contribution < -0.4 is 10.5 Å². The number of rotatable bonds is 5. The van der Waals surface area contributed by atoms with E-state index in [0.29, 0.717) is 16.1 Å². The van der Waals surface area contributed by atoms with E-state index in [1.807, 2.05) is 31.2 Å². The van der Waals surface area contributed by atoms with Gasteiger partial charge in [-0.3, -0.25) is 5.41 Å². The summed E-state index contributed by atoms with van der Waals surface area (Å²) in [4.78, 5) is 0. The molecule has 2 rings (SSSR count). The molecule has 2 aromatic carbocycles. The number of benzene rings is 2. The Balaban J connectivity index is 2.27. The number of hydrogen-bond acceptors (Lipinski definition) is 3. The first kappa shape index (κ1) is 15.4. The molecule has 4 nitrogen and oxygen atoms in total. The van der Waals surface area contributed by atoms with Crippen LogP contribution in [0.3, 0.4) is 0 Å². The van der Waals surface area contributed by atoms with E-state index >= 15 is 0 Å². The van der Waals surface area contributed by atoms with Gasteiger partial charge in [0.05, 0.1) is 0 Å². The SMILES string of the molecule is Cc1ccccc1OCc1c(Cl)cccc1C(O)C(=N)N. The molecule has 0 saturated heterocycles. The number of hydrogen-bond donors (Lipinski definition) is 3. The standard InChI is InChI=1S/C16H17ClN2O2/c1-10-5-2-3-8-14(10)21-9-12-11(15(20)16(18)19)6-4-7-13(12)17/h2-8,15,20H,9H2,1H3,(H3,18,19). The average molecular weight is 305 g/mol. The van der Waals surface area contributed by atoms with E-state index in [0.717, 1.165) is 11.3 Å². The minimum absolute atomic E-state index is 0.199. The van der Waals surface area contributed by atoms with Crippen molar-refractivity contribution in [1.82, 2.24) is 0 Å². The molecule has 0 aliphatic heterocycles. The van der Waals surface area contributed by atoms with Crippen molar-refractivity contribution in [2.45, 2.75) is 19.6 Å². The number of halogens is 1. The van der Waals surface area contributed by atoms with Gasteiger partial charge in [-0.15, -0.1) is 0 Å². The first-order valence-corrected chi connectivity index (χ1v) is 6.86. The predicted molar refractivity (Wildman–Crippen MR) is 83.8 cm³/mol. The topological polar surface area (TPSA) is 79.3 Å². The van der Waals surface area contributed by atoms with Gasteiger partial charge in [0, 0.05) is 10.6 Å². The highest BCUT2D eigenvalue weighted by molar-refractivity contribution is 6.31. The van der Waals surface area contributed by atoms with Gasteiger partial charge in [-0.25, -0.2) is 0 Å². The van der Waals surface area contributed by atoms with Gasteiger partial charge in [-0.2, -0.15) is 0 Å². The molecule has 1 unspecified atom stereocenters. The third-order valence-electron chi connectivity index (χ3n) is 3.21. The molecule has 110 valence electrons. The largest absolute Gasteiger partial charge is 0.489 e. The number of aliphatic hydroxyl groups excluding tert-OH is 1. The fourth-order valence-corrected chi connectivity index (χ4v) is 2.26. The van der Waals surface area contributed by atoms with Crippen LogP contribution in [0.25, 0.3) is 0 Å². The molecule has 1 atom stereocenters. The van der Waals surface area contributed by atoms with Crippen molar-refractivity contribution in [3.05, 3.63) is 64.2 Å². The molecule has 5 heteroatoms. The molecule has 0 bridgehead atoms. The lowest BCUT2D eigenvalue weighted by Gasteiger charge is -2.17. The Hall–Kier alpha value is -2.04. The summed E-state index contributed by atoms with van der Waals surface area (Å²) < 4.78 is 5.77. The van der Waals surface area contributed by atoms with Crippen molar-refractivity contribution in [2.24, 2.45) is 5.73 Å². The third kappa shape index (κ3) is 3.54. The van der Waals surface area contributed by atoms with Gasteiger partial charge in [0.25, 0.3) is 0 Å². The Morgan fingerprint density at radius 1 is 1.29 bits per heavy atom. The van der Waals surface area contributed by atoms with E-state index in [1.54, 1.807) is 18.2 Å². The Kier molecular flexibility index (Phi) is 4.83. The van der Waals surface area contributed by atoms with E-state index in [9.17, 15) is 5.11 Å². The molecule has 0 amide bonds. The van der Waals surface area contributed by atoms with Gasteiger partial charge in [0.1, 0.15) is 24.3 Å². The van der Waals surface area contributed by atoms with Crippen LogP contribution in [0.15, 0.2) is 42.5 Å². The molecule has 0 radical (unpaired) electrons. The maximum absolute atomic E-state index is 9.99. The van der Waals surface area contributed by atoms with Crippen molar-refractivity contribution < 1.29 is 9.84 Å². The zero-order valence-corrected chi connectivity index (χ0v) is 12.4. The maximum Gasteiger partial charge on any atom is 0.136 e. The molecule has 0 fully saturated rings. The molecule has 0 heterocycles. The van der Waals surface area contributed by atoms with Crippen molar-refractivity contribution >= 4 is 17.4 Å². The van der Waals surface area contributed by atoms with Gasteiger partial charge >= 0.3 is 0 Å². The normalized spacial score (nSPS) is 12.0. The lowest BCUT2D eigenvalue weighted by Crippen LogP contribution is -2.21. The number of para-hydroxylation sites is 1. The molecule has 0 spiro atoms. The molecule has 21 heavy (non-hydrogen) atoms. The number of amidine groups is 1. The Morgan fingerprint density at radius 2 is 2.00 bits per heavy atom. The minimum atomic E-state index is -1.18. The monoisotopic (exact) mass is 304 g/mol. The van der Waals surface area contributed by atoms with Crippen LogP contribution in [0.2, 0.25) is 5.02 Å². The highest BCUT2D eigenvalue weighted by Crippen LogP contribution is 2.27. The van der Waals surface area contributed by atoms with Crippen LogP contribution in [0, 0.1) is 12.3 Å². The quantitative estimate of drug-likeness (QED) is 0.586. The van der Waals surface area contributed by atoms with Crippen molar-refractivity contribution in [2.75, 3.05) is 0 Å². The van der Waals surface area contributed by atoms with Gasteiger partial charge in [0.15, 0.2) is 0 Å². The summed E-state index contributed by atoms with van der Waals surface area (Å²) >= 11 is 6.18. The number of aryl methyl sites for hydroxylation is 1. The first-order valence-electron chi connectivity index (χ1n) is 6.48. The third-order valence-corrected chi connectivity index (χ3v) is 3.56. The van der Waals surface area contributed by atoms with Gasteiger partial charge < -0.3 is 15.6 Å². The van der Waals surface area contributed by atoms with Crippen molar-refractivity contribution in [3.63, 3.8) is 0 Å². The highest BCUT2D eigenvalue weighted by atomic mass is 35.5. The van der Waals surface area contributed by atoms with Crippen LogP contribution in [-0.2, 0) is 6.61 Å². The molecule has 4 N–H and O–H groups in total. The maximum atomic E-state index is 9.99. The summed E-state index contributed by atoms with van der Waals surface area (Å²) in [7, 11) is 0. The smallest absolute Gasteiger partial charge is 0.136 e. The first-order chi connectivity index (χ1) is 10.0. The number of aliphatic hydroxyl groups is 1. The molecular formula is C16H17ClN2O2. The number of nitrogens with one attached hydrogen (secondary N) is 1.